The third kappa shape index (κ3) is 15.8. The van der Waals surface area contributed by atoms with Crippen LogP contribution >= 0.6 is 33.0 Å². The molecular formula is C32H66N2O7S3. The lowest BCUT2D eigenvalue weighted by atomic mass is 9.62. The maximum absolute atomic E-state index is 12.5. The highest BCUT2D eigenvalue weighted by Gasteiger charge is 2.42. The highest BCUT2D eigenvalue weighted by molar-refractivity contribution is 8.33. The number of amides is 2. The van der Waals surface area contributed by atoms with E-state index < -0.39 is 32.2 Å². The first-order chi connectivity index (χ1) is 20.2. The van der Waals surface area contributed by atoms with Gasteiger partial charge in [-0.2, -0.15) is 0 Å². The van der Waals surface area contributed by atoms with Gasteiger partial charge in [-0.25, -0.2) is 29.6 Å². The van der Waals surface area contributed by atoms with Gasteiger partial charge >= 0.3 is 12.2 Å². The molecule has 0 aliphatic heterocycles. The Labute approximate surface area is 278 Å². The molecule has 0 bridgehead atoms. The molecule has 2 N–H and O–H groups in total. The molecule has 0 spiro atoms. The first kappa shape index (κ1) is 41.5. The van der Waals surface area contributed by atoms with E-state index in [4.69, 9.17) is 23.1 Å². The van der Waals surface area contributed by atoms with E-state index in [1.165, 1.54) is 5.75 Å². The van der Waals surface area contributed by atoms with Crippen molar-refractivity contribution in [2.75, 3.05) is 82.7 Å². The Morgan fingerprint density at radius 1 is 0.864 bits per heavy atom. The standard InChI is InChI=1S/C32H66N2O7S3/c1-26(2)43(8,9)20-12-14-37-17-19-40-29(36)34-27-22-30(3,4)24-32(7,23-27)25-33-28(35)39-18-16-38-15-13-21-44(10,11)31(5,6)41-42/h26-27,42H,12-25H2,1-11H3,(H,33,35)(H,34,36). The largest absolute Gasteiger partial charge is 0.447 e. The number of ether oxygens (including phenoxy) is 4. The lowest BCUT2D eigenvalue weighted by molar-refractivity contribution is 0.0489. The van der Waals surface area contributed by atoms with E-state index in [9.17, 15) is 9.59 Å². The minimum Gasteiger partial charge on any atom is -0.447 e. The van der Waals surface area contributed by atoms with Gasteiger partial charge in [0.05, 0.1) is 13.2 Å². The van der Waals surface area contributed by atoms with E-state index in [-0.39, 0.29) is 35.0 Å². The lowest BCUT2D eigenvalue weighted by Crippen LogP contribution is -2.50. The van der Waals surface area contributed by atoms with Crippen molar-refractivity contribution in [3.8, 4) is 0 Å². The fraction of sp³-hybridized carbons (Fsp3) is 0.938. The average Bonchev–Trinajstić information content (AvgIpc) is 2.89. The summed E-state index contributed by atoms with van der Waals surface area (Å²) in [5.41, 5.74) is -0.187. The van der Waals surface area contributed by atoms with Gasteiger partial charge in [-0.15, -0.1) is 0 Å². The third-order valence-electron chi connectivity index (χ3n) is 9.08. The Morgan fingerprint density at radius 3 is 1.95 bits per heavy atom. The van der Waals surface area contributed by atoms with Gasteiger partial charge in [0.25, 0.3) is 0 Å². The van der Waals surface area contributed by atoms with Gasteiger partial charge in [-0.05, 0) is 111 Å². The van der Waals surface area contributed by atoms with Gasteiger partial charge in [0.2, 0.25) is 0 Å². The van der Waals surface area contributed by atoms with Gasteiger partial charge in [-0.3, -0.25) is 0 Å². The number of thiol groups is 1. The average molecular weight is 687 g/mol. The normalized spacial score (nSPS) is 21.5. The van der Waals surface area contributed by atoms with Crippen molar-refractivity contribution in [1.82, 2.24) is 10.6 Å². The maximum atomic E-state index is 12.5. The Kier molecular flexibility index (Phi) is 17.6. The summed E-state index contributed by atoms with van der Waals surface area (Å²) in [6.45, 7) is 18.2. The quantitative estimate of drug-likeness (QED) is 0.0722. The fourth-order valence-corrected chi connectivity index (χ4v) is 9.11. The van der Waals surface area contributed by atoms with E-state index in [0.29, 0.717) is 38.2 Å². The van der Waals surface area contributed by atoms with Crippen LogP contribution < -0.4 is 10.6 Å². The van der Waals surface area contributed by atoms with Gasteiger partial charge in [-0.1, -0.05) is 34.6 Å². The predicted octanol–water partition coefficient (Wildman–Crippen LogP) is 6.97. The van der Waals surface area contributed by atoms with Crippen LogP contribution in [0.5, 0.6) is 0 Å². The monoisotopic (exact) mass is 686 g/mol. The zero-order chi connectivity index (χ0) is 33.7. The molecule has 0 aromatic rings. The van der Waals surface area contributed by atoms with Gasteiger partial charge in [0, 0.05) is 25.8 Å². The number of carbonyl (C=O) groups is 2. The summed E-state index contributed by atoms with van der Waals surface area (Å²) in [4.78, 5) is 24.7. The molecule has 0 aromatic heterocycles. The second-order valence-electron chi connectivity index (χ2n) is 15.1. The number of hydrogen-bond donors (Lipinski definition) is 3. The smallest absolute Gasteiger partial charge is 0.407 e. The SMILES string of the molecule is CC(C)S(C)(C)CCCOCCOC(=O)NC1CC(C)(C)CC(C)(CNC(=O)OCCOCCCS(C)(C)C(C)(C)OS)C1. The molecule has 0 aromatic carbocycles. The molecule has 0 radical (unpaired) electrons. The first-order valence-corrected chi connectivity index (χ1v) is 21.6. The molecule has 0 saturated heterocycles. The van der Waals surface area contributed by atoms with Crippen molar-refractivity contribution >= 4 is 45.2 Å². The summed E-state index contributed by atoms with van der Waals surface area (Å²) in [6.07, 6.45) is 12.8. The van der Waals surface area contributed by atoms with Gasteiger partial charge in [0.15, 0.2) is 0 Å². The van der Waals surface area contributed by atoms with Crippen molar-refractivity contribution < 1.29 is 32.7 Å². The number of nitrogens with one attached hydrogen (secondary N) is 2. The Bertz CT molecular complexity index is 871. The highest BCUT2D eigenvalue weighted by Crippen LogP contribution is 2.54. The summed E-state index contributed by atoms with van der Waals surface area (Å²) >= 11 is 4.03. The summed E-state index contributed by atoms with van der Waals surface area (Å²) in [5, 5.41) is 6.69. The molecule has 1 fully saturated rings. The molecule has 264 valence electrons. The van der Waals surface area contributed by atoms with Crippen LogP contribution in [-0.4, -0.2) is 111 Å². The van der Waals surface area contributed by atoms with Crippen LogP contribution in [0.2, 0.25) is 0 Å². The second-order valence-corrected chi connectivity index (χ2v) is 24.3. The molecule has 1 aliphatic carbocycles. The Hall–Kier alpha value is -0.530. The second kappa shape index (κ2) is 18.7. The van der Waals surface area contributed by atoms with Crippen molar-refractivity contribution in [3.05, 3.63) is 0 Å². The molecule has 2 amide bonds. The van der Waals surface area contributed by atoms with Gasteiger partial charge in [0.1, 0.15) is 18.1 Å². The molecule has 9 nitrogen and oxygen atoms in total. The van der Waals surface area contributed by atoms with Crippen LogP contribution in [0.4, 0.5) is 9.59 Å². The fourth-order valence-electron chi connectivity index (χ4n) is 5.64. The lowest BCUT2D eigenvalue weighted by Gasteiger charge is -2.46. The van der Waals surface area contributed by atoms with Crippen LogP contribution in [0.25, 0.3) is 0 Å². The van der Waals surface area contributed by atoms with Crippen molar-refractivity contribution in [1.29, 1.82) is 0 Å². The van der Waals surface area contributed by atoms with Crippen molar-refractivity contribution in [3.63, 3.8) is 0 Å². The van der Waals surface area contributed by atoms with Crippen LogP contribution in [0.1, 0.15) is 80.6 Å². The zero-order valence-corrected chi connectivity index (χ0v) is 32.2. The maximum Gasteiger partial charge on any atom is 0.407 e. The molecule has 2 atom stereocenters. The molecule has 2 unspecified atom stereocenters. The molecule has 44 heavy (non-hydrogen) atoms. The van der Waals surface area contributed by atoms with Crippen LogP contribution in [0.15, 0.2) is 0 Å². The summed E-state index contributed by atoms with van der Waals surface area (Å²) in [5.74, 6) is 2.20. The molecule has 12 heteroatoms. The summed E-state index contributed by atoms with van der Waals surface area (Å²) in [6, 6.07) is -0.0404. The molecule has 1 rings (SSSR count). The van der Waals surface area contributed by atoms with E-state index in [1.807, 2.05) is 0 Å². The van der Waals surface area contributed by atoms with Crippen LogP contribution in [0, 0.1) is 10.8 Å². The number of rotatable bonds is 20. The summed E-state index contributed by atoms with van der Waals surface area (Å²) < 4.78 is 27.5. The van der Waals surface area contributed by atoms with Crippen molar-refractivity contribution in [2.45, 2.75) is 96.8 Å². The van der Waals surface area contributed by atoms with Crippen LogP contribution in [0.3, 0.4) is 0 Å². The number of carbonyl (C=O) groups excluding carboxylic acids is 2. The molecule has 1 aliphatic rings. The number of alkyl carbamates (subject to hydrolysis) is 2. The minimum atomic E-state index is -0.982. The minimum absolute atomic E-state index is 0.00369. The van der Waals surface area contributed by atoms with E-state index in [0.717, 1.165) is 37.9 Å². The Balaban J connectivity index is 2.31. The first-order valence-electron chi connectivity index (χ1n) is 16.0. The van der Waals surface area contributed by atoms with E-state index in [2.05, 4.69) is 97.0 Å². The van der Waals surface area contributed by atoms with Gasteiger partial charge < -0.3 is 33.8 Å². The molecule has 0 heterocycles. The predicted molar refractivity (Wildman–Crippen MR) is 192 cm³/mol. The third-order valence-corrected chi connectivity index (χ3v) is 17.6. The van der Waals surface area contributed by atoms with Crippen molar-refractivity contribution in [2.24, 2.45) is 10.8 Å². The topological polar surface area (TPSA) is 104 Å². The molecule has 1 saturated carbocycles. The summed E-state index contributed by atoms with van der Waals surface area (Å²) in [7, 11) is -1.56. The van der Waals surface area contributed by atoms with E-state index in [1.54, 1.807) is 0 Å². The Morgan fingerprint density at radius 2 is 1.41 bits per heavy atom. The van der Waals surface area contributed by atoms with E-state index >= 15 is 0 Å². The highest BCUT2D eigenvalue weighted by atomic mass is 32.3. The van der Waals surface area contributed by atoms with Crippen LogP contribution in [-0.2, 0) is 23.1 Å². The zero-order valence-electron chi connectivity index (χ0n) is 29.7. The molecular weight excluding hydrogens is 621 g/mol. The number of hydrogen-bond acceptors (Lipinski definition) is 8.